The van der Waals surface area contributed by atoms with Crippen LogP contribution in [0.15, 0.2) is 23.5 Å². The lowest BCUT2D eigenvalue weighted by molar-refractivity contribution is -0.151. The summed E-state index contributed by atoms with van der Waals surface area (Å²) in [5.41, 5.74) is 0.380. The van der Waals surface area contributed by atoms with Gasteiger partial charge in [-0.3, -0.25) is 4.79 Å². The lowest BCUT2D eigenvalue weighted by atomic mass is 9.79. The number of carbonyl (C=O) groups excluding carboxylic acids is 2. The molecule has 24 heavy (non-hydrogen) atoms. The van der Waals surface area contributed by atoms with Gasteiger partial charge in [-0.1, -0.05) is 6.58 Å². The van der Waals surface area contributed by atoms with E-state index < -0.39 is 5.60 Å². The molecule has 1 aliphatic carbocycles. The molecule has 5 heteroatoms. The zero-order chi connectivity index (χ0) is 17.5. The van der Waals surface area contributed by atoms with Crippen molar-refractivity contribution in [3.05, 3.63) is 23.5 Å². The molecular weight excluding hydrogens is 306 g/mol. The van der Waals surface area contributed by atoms with Crippen molar-refractivity contribution in [1.29, 1.82) is 0 Å². The molecule has 132 valence electrons. The van der Waals surface area contributed by atoms with E-state index in [-0.39, 0.29) is 17.7 Å². The molecule has 0 amide bonds. The Kier molecular flexibility index (Phi) is 4.56. The second-order valence-electron chi connectivity index (χ2n) is 7.47. The van der Waals surface area contributed by atoms with Crippen molar-refractivity contribution >= 4 is 11.8 Å². The Morgan fingerprint density at radius 2 is 1.83 bits per heavy atom. The average molecular weight is 333 g/mol. The van der Waals surface area contributed by atoms with Gasteiger partial charge in [-0.15, -0.1) is 0 Å². The molecule has 0 aromatic rings. The third-order valence-electron chi connectivity index (χ3n) is 6.07. The summed E-state index contributed by atoms with van der Waals surface area (Å²) in [5.74, 6) is 0.170. The first-order chi connectivity index (χ1) is 11.3. The number of allylic oxidation sites excluding steroid dienone is 1. The highest BCUT2D eigenvalue weighted by Crippen LogP contribution is 2.42. The van der Waals surface area contributed by atoms with E-state index in [0.29, 0.717) is 35.8 Å². The molecule has 3 rings (SSSR count). The number of ether oxygens (including phenoxy) is 1. The summed E-state index contributed by atoms with van der Waals surface area (Å²) in [6, 6.07) is 0.515. The molecule has 1 saturated heterocycles. The number of hydrogen-bond donors (Lipinski definition) is 1. The fourth-order valence-electron chi connectivity index (χ4n) is 4.71. The van der Waals surface area contributed by atoms with E-state index in [0.717, 1.165) is 38.8 Å². The normalized spacial score (nSPS) is 30.5. The van der Waals surface area contributed by atoms with Crippen molar-refractivity contribution in [2.75, 3.05) is 13.1 Å². The van der Waals surface area contributed by atoms with Crippen LogP contribution in [0.3, 0.4) is 0 Å². The number of carbonyl (C=O) groups is 2. The van der Waals surface area contributed by atoms with Crippen molar-refractivity contribution in [3.8, 4) is 0 Å². The summed E-state index contributed by atoms with van der Waals surface area (Å²) in [6.45, 7) is 8.56. The molecule has 1 N–H and O–H groups in total. The smallest absolute Gasteiger partial charge is 0.335 e. The maximum Gasteiger partial charge on any atom is 0.335 e. The standard InChI is InChI=1S/C19H27NO4/c1-12-17(14(3)22)19(24-18(12)23)8-10-20(11-9-19)16-6-4-15(5-7-16)13(2)21/h15-16,21H,2,4-11H2,1,3H3. The fourth-order valence-corrected chi connectivity index (χ4v) is 4.71. The van der Waals surface area contributed by atoms with Gasteiger partial charge in [-0.25, -0.2) is 4.79 Å². The van der Waals surface area contributed by atoms with Gasteiger partial charge in [0, 0.05) is 49.0 Å². The lowest BCUT2D eigenvalue weighted by Gasteiger charge is -2.44. The Morgan fingerprint density at radius 3 is 2.33 bits per heavy atom. The van der Waals surface area contributed by atoms with Crippen LogP contribution in [0.4, 0.5) is 0 Å². The number of ketones is 1. The maximum absolute atomic E-state index is 12.0. The number of esters is 1. The topological polar surface area (TPSA) is 66.8 Å². The maximum atomic E-state index is 12.0. The second kappa shape index (κ2) is 6.36. The van der Waals surface area contributed by atoms with Gasteiger partial charge in [-0.05, 0) is 39.5 Å². The van der Waals surface area contributed by atoms with Crippen LogP contribution in [-0.4, -0.2) is 46.5 Å². The van der Waals surface area contributed by atoms with Crippen molar-refractivity contribution in [2.45, 2.75) is 64.0 Å². The molecule has 0 radical (unpaired) electrons. The predicted octanol–water partition coefficient (Wildman–Crippen LogP) is 2.91. The van der Waals surface area contributed by atoms with E-state index >= 15 is 0 Å². The lowest BCUT2D eigenvalue weighted by Crippen LogP contribution is -2.50. The van der Waals surface area contributed by atoms with Crippen LogP contribution in [0.5, 0.6) is 0 Å². The Hall–Kier alpha value is -1.62. The average Bonchev–Trinajstić information content (AvgIpc) is 2.79. The first-order valence-corrected chi connectivity index (χ1v) is 8.91. The van der Waals surface area contributed by atoms with Gasteiger partial charge in [0.05, 0.1) is 5.76 Å². The quantitative estimate of drug-likeness (QED) is 0.635. The molecule has 0 atom stereocenters. The van der Waals surface area contributed by atoms with Crippen LogP contribution < -0.4 is 0 Å². The molecule has 0 unspecified atom stereocenters. The van der Waals surface area contributed by atoms with Gasteiger partial charge in [0.1, 0.15) is 5.60 Å². The summed E-state index contributed by atoms with van der Waals surface area (Å²) in [4.78, 5) is 26.4. The van der Waals surface area contributed by atoms with Gasteiger partial charge in [0.25, 0.3) is 0 Å². The fraction of sp³-hybridized carbons (Fsp3) is 0.684. The van der Waals surface area contributed by atoms with Crippen LogP contribution in [0.2, 0.25) is 0 Å². The highest BCUT2D eigenvalue weighted by Gasteiger charge is 2.50. The van der Waals surface area contributed by atoms with E-state index in [1.165, 1.54) is 6.92 Å². The zero-order valence-electron chi connectivity index (χ0n) is 14.6. The van der Waals surface area contributed by atoms with Gasteiger partial charge in [0.2, 0.25) is 0 Å². The molecule has 0 bridgehead atoms. The third-order valence-corrected chi connectivity index (χ3v) is 6.07. The molecule has 1 spiro atoms. The van der Waals surface area contributed by atoms with Crippen LogP contribution >= 0.6 is 0 Å². The minimum absolute atomic E-state index is 0.0474. The molecule has 2 fully saturated rings. The molecule has 2 aliphatic heterocycles. The zero-order valence-corrected chi connectivity index (χ0v) is 14.6. The predicted molar refractivity (Wildman–Crippen MR) is 90.5 cm³/mol. The van der Waals surface area contributed by atoms with E-state index in [4.69, 9.17) is 4.74 Å². The first kappa shape index (κ1) is 17.2. The third kappa shape index (κ3) is 2.90. The number of aliphatic hydroxyl groups is 1. The Bertz CT molecular complexity index is 590. The van der Waals surface area contributed by atoms with E-state index in [1.54, 1.807) is 6.92 Å². The molecular formula is C19H27NO4. The van der Waals surface area contributed by atoms with Crippen LogP contribution in [-0.2, 0) is 14.3 Å². The number of piperidine rings is 1. The number of aliphatic hydroxyl groups excluding tert-OH is 1. The molecule has 2 heterocycles. The number of likely N-dealkylation sites (tertiary alicyclic amines) is 1. The van der Waals surface area contributed by atoms with Crippen molar-refractivity contribution in [1.82, 2.24) is 4.90 Å². The summed E-state index contributed by atoms with van der Waals surface area (Å²) in [7, 11) is 0. The number of nitrogens with zero attached hydrogens (tertiary/aromatic N) is 1. The Balaban J connectivity index is 1.63. The van der Waals surface area contributed by atoms with Crippen LogP contribution in [0.25, 0.3) is 0 Å². The molecule has 0 aromatic heterocycles. The van der Waals surface area contributed by atoms with Gasteiger partial charge in [-0.2, -0.15) is 0 Å². The molecule has 1 saturated carbocycles. The summed E-state index contributed by atoms with van der Waals surface area (Å²) >= 11 is 0. The van der Waals surface area contributed by atoms with E-state index in [1.807, 2.05) is 0 Å². The van der Waals surface area contributed by atoms with Crippen molar-refractivity contribution in [2.24, 2.45) is 5.92 Å². The van der Waals surface area contributed by atoms with E-state index in [9.17, 15) is 14.7 Å². The summed E-state index contributed by atoms with van der Waals surface area (Å²) < 4.78 is 5.66. The molecule has 0 aromatic carbocycles. The number of hydrogen-bond acceptors (Lipinski definition) is 5. The van der Waals surface area contributed by atoms with Crippen molar-refractivity contribution in [3.63, 3.8) is 0 Å². The molecule has 5 nitrogen and oxygen atoms in total. The van der Waals surface area contributed by atoms with Crippen LogP contribution in [0, 0.1) is 5.92 Å². The van der Waals surface area contributed by atoms with Crippen LogP contribution in [0.1, 0.15) is 52.4 Å². The Labute approximate surface area is 143 Å². The Morgan fingerprint density at radius 1 is 1.25 bits per heavy atom. The summed E-state index contributed by atoms with van der Waals surface area (Å²) in [6.07, 6.45) is 5.47. The number of Topliss-reactive ketones (excluding diaryl/α,β-unsaturated/α-hetero) is 1. The monoisotopic (exact) mass is 333 g/mol. The minimum Gasteiger partial charge on any atom is -0.513 e. The largest absolute Gasteiger partial charge is 0.513 e. The van der Waals surface area contributed by atoms with E-state index in [2.05, 4.69) is 11.5 Å². The summed E-state index contributed by atoms with van der Waals surface area (Å²) in [5, 5.41) is 9.55. The van der Waals surface area contributed by atoms with Gasteiger partial charge < -0.3 is 14.7 Å². The highest BCUT2D eigenvalue weighted by atomic mass is 16.6. The van der Waals surface area contributed by atoms with Gasteiger partial charge >= 0.3 is 5.97 Å². The highest BCUT2D eigenvalue weighted by molar-refractivity contribution is 6.07. The first-order valence-electron chi connectivity index (χ1n) is 8.91. The number of rotatable bonds is 3. The SMILES string of the molecule is C=C(O)C1CCC(N2CCC3(CC2)OC(=O)C(C)=C3C(C)=O)CC1. The second-order valence-corrected chi connectivity index (χ2v) is 7.47. The minimum atomic E-state index is -0.694. The van der Waals surface area contributed by atoms with Crippen molar-refractivity contribution < 1.29 is 19.4 Å². The molecule has 3 aliphatic rings. The van der Waals surface area contributed by atoms with Gasteiger partial charge in [0.15, 0.2) is 5.78 Å².